The molecule has 1 aromatic heterocycles. The van der Waals surface area contributed by atoms with Crippen molar-refractivity contribution < 1.29 is 0 Å². The average Bonchev–Trinajstić information content (AvgIpc) is 2.57. The lowest BCUT2D eigenvalue weighted by molar-refractivity contribution is 0.542. The summed E-state index contributed by atoms with van der Waals surface area (Å²) >= 11 is 5.56. The van der Waals surface area contributed by atoms with Crippen molar-refractivity contribution in [2.24, 2.45) is 0 Å². The molecule has 0 N–H and O–H groups in total. The van der Waals surface area contributed by atoms with Gasteiger partial charge in [0.2, 0.25) is 0 Å². The smallest absolute Gasteiger partial charge is 0.0489 e. The van der Waals surface area contributed by atoms with Gasteiger partial charge in [-0.15, -0.1) is 11.6 Å². The van der Waals surface area contributed by atoms with Gasteiger partial charge in [-0.3, -0.25) is 4.68 Å². The molecule has 68 valence electrons. The molecule has 0 fully saturated rings. The molecule has 0 aliphatic carbocycles. The highest BCUT2D eigenvalue weighted by Gasteiger charge is 1.91. The zero-order valence-electron chi connectivity index (χ0n) is 7.25. The molecule has 0 aliphatic heterocycles. The van der Waals surface area contributed by atoms with E-state index in [1.807, 2.05) is 23.1 Å². The summed E-state index contributed by atoms with van der Waals surface area (Å²) in [5.41, 5.74) is 0. The van der Waals surface area contributed by atoms with Crippen LogP contribution < -0.4 is 0 Å². The number of aromatic nitrogens is 2. The first-order valence-corrected chi connectivity index (χ1v) is 5.00. The SMILES string of the molecule is ClCCCCCCn1cccn1. The van der Waals surface area contributed by atoms with Gasteiger partial charge >= 0.3 is 0 Å². The third-order valence-electron chi connectivity index (χ3n) is 1.83. The van der Waals surface area contributed by atoms with Crippen molar-refractivity contribution in [2.45, 2.75) is 32.2 Å². The molecule has 0 bridgehead atoms. The fourth-order valence-corrected chi connectivity index (χ4v) is 1.34. The van der Waals surface area contributed by atoms with Gasteiger partial charge < -0.3 is 0 Å². The van der Waals surface area contributed by atoms with Gasteiger partial charge in [-0.2, -0.15) is 5.10 Å². The molecule has 0 atom stereocenters. The van der Waals surface area contributed by atoms with E-state index < -0.39 is 0 Å². The molecule has 3 heteroatoms. The maximum Gasteiger partial charge on any atom is 0.0489 e. The van der Waals surface area contributed by atoms with Crippen molar-refractivity contribution in [2.75, 3.05) is 5.88 Å². The van der Waals surface area contributed by atoms with E-state index in [4.69, 9.17) is 11.6 Å². The molecular weight excluding hydrogens is 172 g/mol. The fourth-order valence-electron chi connectivity index (χ4n) is 1.15. The molecule has 0 saturated heterocycles. The van der Waals surface area contributed by atoms with E-state index in [0.717, 1.165) is 18.8 Å². The standard InChI is InChI=1S/C9H15ClN2/c10-6-3-1-2-4-8-12-9-5-7-11-12/h5,7,9H,1-4,6,8H2. The zero-order chi connectivity index (χ0) is 8.65. The maximum absolute atomic E-state index is 5.56. The summed E-state index contributed by atoms with van der Waals surface area (Å²) in [5, 5.41) is 4.12. The van der Waals surface area contributed by atoms with E-state index in [-0.39, 0.29) is 0 Å². The lowest BCUT2D eigenvalue weighted by Crippen LogP contribution is -1.97. The van der Waals surface area contributed by atoms with Crippen LogP contribution in [0.2, 0.25) is 0 Å². The zero-order valence-corrected chi connectivity index (χ0v) is 8.00. The van der Waals surface area contributed by atoms with Crippen LogP contribution in [0.4, 0.5) is 0 Å². The van der Waals surface area contributed by atoms with E-state index in [2.05, 4.69) is 5.10 Å². The predicted molar refractivity (Wildman–Crippen MR) is 51.4 cm³/mol. The summed E-state index contributed by atoms with van der Waals surface area (Å²) in [4.78, 5) is 0. The molecule has 0 aromatic carbocycles. The second-order valence-corrected chi connectivity index (χ2v) is 3.25. The van der Waals surface area contributed by atoms with Crippen LogP contribution in [0.5, 0.6) is 0 Å². The Labute approximate surface area is 78.5 Å². The maximum atomic E-state index is 5.56. The highest BCUT2D eigenvalue weighted by molar-refractivity contribution is 6.17. The first kappa shape index (κ1) is 9.59. The Morgan fingerprint density at radius 2 is 2.00 bits per heavy atom. The minimum absolute atomic E-state index is 0.793. The normalized spacial score (nSPS) is 10.4. The highest BCUT2D eigenvalue weighted by atomic mass is 35.5. The Morgan fingerprint density at radius 1 is 1.17 bits per heavy atom. The number of aryl methyl sites for hydroxylation is 1. The Morgan fingerprint density at radius 3 is 2.67 bits per heavy atom. The van der Waals surface area contributed by atoms with Crippen LogP contribution in [0.1, 0.15) is 25.7 Å². The van der Waals surface area contributed by atoms with Crippen LogP contribution in [0.15, 0.2) is 18.5 Å². The van der Waals surface area contributed by atoms with Gasteiger partial charge in [0, 0.05) is 24.8 Å². The third-order valence-corrected chi connectivity index (χ3v) is 2.10. The molecule has 0 spiro atoms. The summed E-state index contributed by atoms with van der Waals surface area (Å²) in [5.74, 6) is 0.793. The van der Waals surface area contributed by atoms with E-state index in [1.165, 1.54) is 19.3 Å². The first-order valence-electron chi connectivity index (χ1n) is 4.47. The summed E-state index contributed by atoms with van der Waals surface area (Å²) in [6.45, 7) is 1.04. The number of rotatable bonds is 6. The number of unbranched alkanes of at least 4 members (excludes halogenated alkanes) is 3. The second-order valence-electron chi connectivity index (χ2n) is 2.87. The van der Waals surface area contributed by atoms with Gasteiger partial charge in [0.1, 0.15) is 0 Å². The molecule has 1 rings (SSSR count). The van der Waals surface area contributed by atoms with Gasteiger partial charge in [0.15, 0.2) is 0 Å². The van der Waals surface area contributed by atoms with Gasteiger partial charge in [-0.25, -0.2) is 0 Å². The molecule has 0 aliphatic rings. The first-order chi connectivity index (χ1) is 5.93. The van der Waals surface area contributed by atoms with E-state index in [9.17, 15) is 0 Å². The van der Waals surface area contributed by atoms with Gasteiger partial charge in [0.25, 0.3) is 0 Å². The van der Waals surface area contributed by atoms with Gasteiger partial charge in [0.05, 0.1) is 0 Å². The Balaban J connectivity index is 1.96. The molecule has 0 saturated carbocycles. The fraction of sp³-hybridized carbons (Fsp3) is 0.667. The van der Waals surface area contributed by atoms with Crippen molar-refractivity contribution in [3.63, 3.8) is 0 Å². The van der Waals surface area contributed by atoms with Gasteiger partial charge in [-0.05, 0) is 18.9 Å². The van der Waals surface area contributed by atoms with E-state index >= 15 is 0 Å². The van der Waals surface area contributed by atoms with E-state index in [1.54, 1.807) is 0 Å². The Hall–Kier alpha value is -0.500. The van der Waals surface area contributed by atoms with Gasteiger partial charge in [-0.1, -0.05) is 12.8 Å². The third kappa shape index (κ3) is 3.77. The monoisotopic (exact) mass is 186 g/mol. The summed E-state index contributed by atoms with van der Waals surface area (Å²) in [6.07, 6.45) is 8.66. The van der Waals surface area contributed by atoms with Crippen molar-refractivity contribution in [3.05, 3.63) is 18.5 Å². The molecule has 1 aromatic rings. The van der Waals surface area contributed by atoms with Crippen molar-refractivity contribution >= 4 is 11.6 Å². The van der Waals surface area contributed by atoms with Crippen molar-refractivity contribution in [1.29, 1.82) is 0 Å². The Bertz CT molecular complexity index is 184. The van der Waals surface area contributed by atoms with Crippen LogP contribution in [0.3, 0.4) is 0 Å². The lowest BCUT2D eigenvalue weighted by atomic mass is 10.2. The molecule has 0 amide bonds. The highest BCUT2D eigenvalue weighted by Crippen LogP contribution is 2.02. The van der Waals surface area contributed by atoms with Crippen molar-refractivity contribution in [3.8, 4) is 0 Å². The second kappa shape index (κ2) is 6.06. The van der Waals surface area contributed by atoms with Crippen LogP contribution in [0, 0.1) is 0 Å². The summed E-state index contributed by atoms with van der Waals surface area (Å²) in [7, 11) is 0. The molecule has 2 nitrogen and oxygen atoms in total. The number of alkyl halides is 1. The van der Waals surface area contributed by atoms with Crippen LogP contribution in [0.25, 0.3) is 0 Å². The summed E-state index contributed by atoms with van der Waals surface area (Å²) < 4.78 is 1.97. The summed E-state index contributed by atoms with van der Waals surface area (Å²) in [6, 6.07) is 1.96. The number of halogens is 1. The van der Waals surface area contributed by atoms with Crippen LogP contribution in [-0.2, 0) is 6.54 Å². The molecule has 0 radical (unpaired) electrons. The Kier molecular flexibility index (Phi) is 4.85. The largest absolute Gasteiger partial charge is 0.273 e. The topological polar surface area (TPSA) is 17.8 Å². The minimum atomic E-state index is 0.793. The number of hydrogen-bond acceptors (Lipinski definition) is 1. The number of nitrogens with zero attached hydrogens (tertiary/aromatic N) is 2. The van der Waals surface area contributed by atoms with Crippen molar-refractivity contribution in [1.82, 2.24) is 9.78 Å². The average molecular weight is 187 g/mol. The lowest BCUT2D eigenvalue weighted by Gasteiger charge is -2.00. The predicted octanol–water partition coefficient (Wildman–Crippen LogP) is 2.68. The van der Waals surface area contributed by atoms with E-state index in [0.29, 0.717) is 0 Å². The van der Waals surface area contributed by atoms with Crippen LogP contribution >= 0.6 is 11.6 Å². The molecular formula is C9H15ClN2. The molecule has 0 unspecified atom stereocenters. The quantitative estimate of drug-likeness (QED) is 0.494. The molecule has 12 heavy (non-hydrogen) atoms. The van der Waals surface area contributed by atoms with Crippen LogP contribution in [-0.4, -0.2) is 15.7 Å². The number of hydrogen-bond donors (Lipinski definition) is 0. The molecule has 1 heterocycles. The minimum Gasteiger partial charge on any atom is -0.273 e.